The Balaban J connectivity index is 1.65. The molecule has 1 aromatic heterocycles. The Morgan fingerprint density at radius 2 is 2.09 bits per heavy atom. The van der Waals surface area contributed by atoms with E-state index in [0.717, 1.165) is 17.6 Å². The third kappa shape index (κ3) is 3.55. The summed E-state index contributed by atoms with van der Waals surface area (Å²) in [5.41, 5.74) is 0. The molecule has 120 valence electrons. The number of thioether (sulfide) groups is 1. The van der Waals surface area contributed by atoms with Gasteiger partial charge in [0.25, 0.3) is 5.03 Å². The Labute approximate surface area is 134 Å². The van der Waals surface area contributed by atoms with Crippen molar-refractivity contribution in [3.8, 4) is 0 Å². The van der Waals surface area contributed by atoms with Crippen molar-refractivity contribution in [3.05, 3.63) is 29.6 Å². The summed E-state index contributed by atoms with van der Waals surface area (Å²) in [6, 6.07) is 5.05. The monoisotopic (exact) mass is 342 g/mol. The molecule has 2 heterocycles. The molecule has 1 atom stereocenters. The van der Waals surface area contributed by atoms with Gasteiger partial charge in [-0.15, -0.1) is 0 Å². The molecule has 0 unspecified atom stereocenters. The van der Waals surface area contributed by atoms with Crippen molar-refractivity contribution in [1.29, 1.82) is 0 Å². The van der Waals surface area contributed by atoms with Crippen molar-refractivity contribution in [2.75, 3.05) is 17.3 Å². The first kappa shape index (κ1) is 15.6. The second kappa shape index (κ2) is 6.08. The summed E-state index contributed by atoms with van der Waals surface area (Å²) >= 11 is 1.20. The first-order chi connectivity index (χ1) is 10.5. The number of amides is 1. The third-order valence-corrected chi connectivity index (χ3v) is 6.72. The maximum atomic E-state index is 12.5. The van der Waals surface area contributed by atoms with Gasteiger partial charge in [-0.2, -0.15) is 4.73 Å². The molecule has 0 N–H and O–H groups in total. The fourth-order valence-corrected chi connectivity index (χ4v) is 5.28. The number of aromatic nitrogens is 1. The minimum Gasteiger partial charge on any atom is -0.618 e. The molecule has 6 nitrogen and oxygen atoms in total. The van der Waals surface area contributed by atoms with Crippen molar-refractivity contribution in [2.45, 2.75) is 36.4 Å². The Bertz CT molecular complexity index is 673. The number of carbonyl (C=O) groups is 1. The number of nitrogens with zero attached hydrogens (tertiary/aromatic N) is 2. The molecular weight excluding hydrogens is 324 g/mol. The molecule has 2 fully saturated rings. The zero-order valence-corrected chi connectivity index (χ0v) is 13.7. The number of sulfone groups is 1. The van der Waals surface area contributed by atoms with Crippen LogP contribution in [0.15, 0.2) is 29.4 Å². The number of pyridine rings is 1. The molecule has 1 aromatic rings. The van der Waals surface area contributed by atoms with Gasteiger partial charge in [-0.25, -0.2) is 8.42 Å². The first-order valence-electron chi connectivity index (χ1n) is 7.29. The van der Waals surface area contributed by atoms with Crippen LogP contribution in [0, 0.1) is 5.21 Å². The summed E-state index contributed by atoms with van der Waals surface area (Å²) in [4.78, 5) is 14.3. The lowest BCUT2D eigenvalue weighted by molar-refractivity contribution is -0.645. The molecule has 1 aliphatic heterocycles. The van der Waals surface area contributed by atoms with Crippen LogP contribution >= 0.6 is 11.8 Å². The molecule has 1 aliphatic carbocycles. The summed E-state index contributed by atoms with van der Waals surface area (Å²) in [5, 5.41) is 12.1. The third-order valence-electron chi connectivity index (χ3n) is 3.96. The number of rotatable bonds is 5. The van der Waals surface area contributed by atoms with E-state index in [9.17, 15) is 18.4 Å². The van der Waals surface area contributed by atoms with Gasteiger partial charge in [0.2, 0.25) is 5.91 Å². The van der Waals surface area contributed by atoms with Crippen molar-refractivity contribution in [2.24, 2.45) is 0 Å². The summed E-state index contributed by atoms with van der Waals surface area (Å²) in [6.45, 7) is 0. The van der Waals surface area contributed by atoms with Crippen LogP contribution in [0.2, 0.25) is 0 Å². The average molecular weight is 342 g/mol. The van der Waals surface area contributed by atoms with E-state index in [1.165, 1.54) is 18.0 Å². The van der Waals surface area contributed by atoms with Gasteiger partial charge in [0.1, 0.15) is 0 Å². The van der Waals surface area contributed by atoms with E-state index in [4.69, 9.17) is 0 Å². The van der Waals surface area contributed by atoms with Crippen molar-refractivity contribution < 1.29 is 17.9 Å². The van der Waals surface area contributed by atoms with Gasteiger partial charge in [-0.3, -0.25) is 4.79 Å². The zero-order valence-electron chi connectivity index (χ0n) is 12.1. The molecule has 2 aliphatic rings. The molecule has 0 aromatic carbocycles. The van der Waals surface area contributed by atoms with Gasteiger partial charge in [0.05, 0.1) is 17.3 Å². The quantitative estimate of drug-likeness (QED) is 0.444. The molecule has 22 heavy (non-hydrogen) atoms. The second-order valence-corrected chi connectivity index (χ2v) is 8.97. The predicted molar refractivity (Wildman–Crippen MR) is 83.1 cm³/mol. The Morgan fingerprint density at radius 3 is 2.68 bits per heavy atom. The highest BCUT2D eigenvalue weighted by Gasteiger charge is 2.41. The fraction of sp³-hybridized carbons (Fsp3) is 0.571. The number of hydrogen-bond acceptors (Lipinski definition) is 5. The van der Waals surface area contributed by atoms with E-state index in [1.54, 1.807) is 23.1 Å². The highest BCUT2D eigenvalue weighted by molar-refractivity contribution is 7.99. The molecule has 1 saturated heterocycles. The Kier molecular flexibility index (Phi) is 4.31. The maximum Gasteiger partial charge on any atom is 0.251 e. The summed E-state index contributed by atoms with van der Waals surface area (Å²) < 4.78 is 24.0. The molecule has 1 amide bonds. The molecule has 0 spiro atoms. The Hall–Kier alpha value is -1.28. The molecule has 3 rings (SSSR count). The van der Waals surface area contributed by atoms with E-state index in [0.29, 0.717) is 11.4 Å². The van der Waals surface area contributed by atoms with Crippen LogP contribution in [0.3, 0.4) is 0 Å². The summed E-state index contributed by atoms with van der Waals surface area (Å²) in [6.07, 6.45) is 3.82. The SMILES string of the molecule is O=C(CSc1cccc[n+]1[O-])N(C1CC1)[C@H]1CCS(=O)(=O)C1. The van der Waals surface area contributed by atoms with Crippen molar-refractivity contribution in [1.82, 2.24) is 4.90 Å². The topological polar surface area (TPSA) is 81.4 Å². The largest absolute Gasteiger partial charge is 0.618 e. The smallest absolute Gasteiger partial charge is 0.251 e. The van der Waals surface area contributed by atoms with Crippen LogP contribution in [0.25, 0.3) is 0 Å². The average Bonchev–Trinajstić information content (AvgIpc) is 3.22. The standard InChI is InChI=1S/C14H18N2O4S2/c17-13(9-21-14-3-1-2-7-15(14)18)16(11-4-5-11)12-6-8-22(19,20)10-12/h1-3,7,11-12H,4-6,8-10H2/t12-/m0/s1. The number of hydrogen-bond donors (Lipinski definition) is 0. The highest BCUT2D eigenvalue weighted by Crippen LogP contribution is 2.33. The Morgan fingerprint density at radius 1 is 1.32 bits per heavy atom. The van der Waals surface area contributed by atoms with E-state index in [-0.39, 0.29) is 35.2 Å². The van der Waals surface area contributed by atoms with Crippen LogP contribution in [0.4, 0.5) is 0 Å². The van der Waals surface area contributed by atoms with E-state index >= 15 is 0 Å². The maximum absolute atomic E-state index is 12.5. The normalized spacial score (nSPS) is 23.4. The van der Waals surface area contributed by atoms with Crippen LogP contribution in [-0.4, -0.2) is 48.6 Å². The van der Waals surface area contributed by atoms with Gasteiger partial charge in [0.15, 0.2) is 16.0 Å². The van der Waals surface area contributed by atoms with Gasteiger partial charge in [-0.05, 0) is 37.1 Å². The fourth-order valence-electron chi connectivity index (χ4n) is 2.79. The van der Waals surface area contributed by atoms with E-state index in [1.807, 2.05) is 0 Å². The minimum atomic E-state index is -3.01. The van der Waals surface area contributed by atoms with Gasteiger partial charge < -0.3 is 10.1 Å². The van der Waals surface area contributed by atoms with E-state index in [2.05, 4.69) is 0 Å². The molecule has 0 bridgehead atoms. The van der Waals surface area contributed by atoms with Crippen LogP contribution in [0.1, 0.15) is 19.3 Å². The lowest BCUT2D eigenvalue weighted by Gasteiger charge is -2.28. The predicted octanol–water partition coefficient (Wildman–Crippen LogP) is 0.590. The van der Waals surface area contributed by atoms with Gasteiger partial charge in [-0.1, -0.05) is 0 Å². The summed E-state index contributed by atoms with van der Waals surface area (Å²) in [5.74, 6) is 0.339. The number of carbonyl (C=O) groups excluding carboxylic acids is 1. The zero-order chi connectivity index (χ0) is 15.7. The van der Waals surface area contributed by atoms with Crippen LogP contribution in [-0.2, 0) is 14.6 Å². The molecule has 8 heteroatoms. The summed E-state index contributed by atoms with van der Waals surface area (Å²) in [7, 11) is -3.01. The lowest BCUT2D eigenvalue weighted by Crippen LogP contribution is -2.44. The van der Waals surface area contributed by atoms with Crippen molar-refractivity contribution >= 4 is 27.5 Å². The van der Waals surface area contributed by atoms with Crippen molar-refractivity contribution in [3.63, 3.8) is 0 Å². The van der Waals surface area contributed by atoms with Crippen LogP contribution in [0.5, 0.6) is 0 Å². The van der Waals surface area contributed by atoms with E-state index < -0.39 is 9.84 Å². The van der Waals surface area contributed by atoms with Crippen LogP contribution < -0.4 is 4.73 Å². The molecule has 0 radical (unpaired) electrons. The minimum absolute atomic E-state index is 0.0709. The second-order valence-electron chi connectivity index (χ2n) is 5.74. The van der Waals surface area contributed by atoms with Gasteiger partial charge >= 0.3 is 0 Å². The first-order valence-corrected chi connectivity index (χ1v) is 10.1. The molecule has 1 saturated carbocycles. The molecular formula is C14H18N2O4S2. The van der Waals surface area contributed by atoms with Gasteiger partial charge in [0, 0.05) is 24.2 Å². The lowest BCUT2D eigenvalue weighted by atomic mass is 10.2. The highest BCUT2D eigenvalue weighted by atomic mass is 32.2.